The molecule has 1 aliphatic heterocycles. The Balaban J connectivity index is 1.80. The Bertz CT molecular complexity index is 1310. The fourth-order valence-electron chi connectivity index (χ4n) is 3.28. The summed E-state index contributed by atoms with van der Waals surface area (Å²) < 4.78 is 90.5. The van der Waals surface area contributed by atoms with Crippen LogP contribution in [-0.2, 0) is 21.6 Å². The zero-order valence-corrected chi connectivity index (χ0v) is 17.5. The van der Waals surface area contributed by atoms with Gasteiger partial charge in [-0.2, -0.15) is 21.6 Å². The number of carbonyl (C=O) groups excluding carboxylic acids is 1. The van der Waals surface area contributed by atoms with Crippen molar-refractivity contribution in [3.05, 3.63) is 66.0 Å². The van der Waals surface area contributed by atoms with Crippen LogP contribution >= 0.6 is 0 Å². The topological polar surface area (TPSA) is 84.9 Å². The molecular formula is C21H16F4N2O5S. The van der Waals surface area contributed by atoms with Gasteiger partial charge < -0.3 is 9.47 Å². The lowest BCUT2D eigenvalue weighted by atomic mass is 10.1. The van der Waals surface area contributed by atoms with Crippen molar-refractivity contribution < 1.29 is 40.2 Å². The number of hydrogen-bond donors (Lipinski definition) is 1. The molecule has 3 aromatic carbocycles. The molecule has 1 N–H and O–H groups in total. The minimum absolute atomic E-state index is 0.0270. The molecule has 1 heterocycles. The van der Waals surface area contributed by atoms with Gasteiger partial charge in [0, 0.05) is 5.39 Å². The van der Waals surface area contributed by atoms with Gasteiger partial charge in [0.2, 0.25) is 0 Å². The lowest BCUT2D eigenvalue weighted by molar-refractivity contribution is -0.153. The number of hydrogen-bond acceptors (Lipinski definition) is 5. The van der Waals surface area contributed by atoms with E-state index in [9.17, 15) is 26.4 Å². The molecule has 0 atom stereocenters. The maximum atomic E-state index is 15.6. The van der Waals surface area contributed by atoms with Crippen molar-refractivity contribution in [3.8, 4) is 11.5 Å². The van der Waals surface area contributed by atoms with Crippen molar-refractivity contribution in [2.24, 2.45) is 0 Å². The highest BCUT2D eigenvalue weighted by Crippen LogP contribution is 2.40. The van der Waals surface area contributed by atoms with Crippen molar-refractivity contribution in [3.63, 3.8) is 0 Å². The zero-order chi connectivity index (χ0) is 23.8. The Hall–Kier alpha value is -3.54. The van der Waals surface area contributed by atoms with Crippen LogP contribution in [0.3, 0.4) is 0 Å². The third-order valence-corrected chi connectivity index (χ3v) is 6.08. The van der Waals surface area contributed by atoms with E-state index in [0.29, 0.717) is 4.31 Å². The molecule has 0 aliphatic carbocycles. The lowest BCUT2D eigenvalue weighted by Crippen LogP contribution is -2.30. The monoisotopic (exact) mass is 484 g/mol. The highest BCUT2D eigenvalue weighted by Gasteiger charge is 2.38. The Labute approximate surface area is 185 Å². The number of halogens is 4. The van der Waals surface area contributed by atoms with Crippen LogP contribution in [0, 0.1) is 5.82 Å². The van der Waals surface area contributed by atoms with Gasteiger partial charge in [0.25, 0.3) is 5.91 Å². The van der Waals surface area contributed by atoms with Gasteiger partial charge in [0.1, 0.15) is 30.3 Å². The first-order valence-electron chi connectivity index (χ1n) is 9.49. The molecule has 174 valence electrons. The van der Waals surface area contributed by atoms with E-state index < -0.39 is 46.9 Å². The maximum Gasteiger partial charge on any atom is 0.422 e. The molecule has 1 fully saturated rings. The minimum atomic E-state index is -4.59. The molecule has 3 aromatic rings. The molecule has 0 unspecified atom stereocenters. The van der Waals surface area contributed by atoms with Gasteiger partial charge in [0.05, 0.1) is 0 Å². The summed E-state index contributed by atoms with van der Waals surface area (Å²) in [5.41, 5.74) is 0.183. The van der Waals surface area contributed by atoms with Crippen LogP contribution in [0.1, 0.15) is 5.56 Å². The van der Waals surface area contributed by atoms with Gasteiger partial charge >= 0.3 is 16.4 Å². The number of amides is 1. The number of alkyl halides is 3. The highest BCUT2D eigenvalue weighted by molar-refractivity contribution is 7.92. The van der Waals surface area contributed by atoms with Crippen LogP contribution in [-0.4, -0.2) is 33.7 Å². The van der Waals surface area contributed by atoms with Crippen LogP contribution in [0.25, 0.3) is 10.8 Å². The summed E-state index contributed by atoms with van der Waals surface area (Å²) in [4.78, 5) is 11.7. The van der Waals surface area contributed by atoms with E-state index in [0.717, 1.165) is 11.6 Å². The van der Waals surface area contributed by atoms with E-state index in [2.05, 4.69) is 4.74 Å². The van der Waals surface area contributed by atoms with Crippen LogP contribution < -0.4 is 18.5 Å². The van der Waals surface area contributed by atoms with Crippen LogP contribution in [0.5, 0.6) is 11.5 Å². The zero-order valence-electron chi connectivity index (χ0n) is 16.7. The van der Waals surface area contributed by atoms with E-state index in [1.54, 1.807) is 35.1 Å². The predicted molar refractivity (Wildman–Crippen MR) is 111 cm³/mol. The van der Waals surface area contributed by atoms with E-state index in [1.165, 1.54) is 18.2 Å². The number of nitrogens with one attached hydrogen (secondary N) is 1. The quantitative estimate of drug-likeness (QED) is 0.540. The average Bonchev–Trinajstić information content (AvgIpc) is 3.02. The van der Waals surface area contributed by atoms with Gasteiger partial charge in [-0.15, -0.1) is 0 Å². The molecular weight excluding hydrogens is 468 g/mol. The number of benzene rings is 3. The van der Waals surface area contributed by atoms with Gasteiger partial charge in [-0.3, -0.25) is 4.79 Å². The van der Waals surface area contributed by atoms with Gasteiger partial charge in [-0.25, -0.2) is 13.4 Å². The molecule has 0 spiro atoms. The lowest BCUT2D eigenvalue weighted by Gasteiger charge is -2.21. The predicted octanol–water partition coefficient (Wildman–Crippen LogP) is 3.68. The SMILES string of the molecule is O=C1CN(c2c(OCc3ccccc3)cc3ccc(OCC(F)(F)F)cc3c2F)S(=O)(=O)N1. The third kappa shape index (κ3) is 4.95. The Kier molecular flexibility index (Phi) is 5.78. The van der Waals surface area contributed by atoms with Crippen molar-refractivity contribution in [2.75, 3.05) is 17.5 Å². The number of anilines is 1. The molecule has 0 saturated carbocycles. The Morgan fingerprint density at radius 2 is 1.76 bits per heavy atom. The fraction of sp³-hybridized carbons (Fsp3) is 0.190. The van der Waals surface area contributed by atoms with Gasteiger partial charge in [-0.05, 0) is 29.1 Å². The number of rotatable bonds is 6. The summed E-state index contributed by atoms with van der Waals surface area (Å²) in [6.07, 6.45) is -4.59. The van der Waals surface area contributed by atoms with E-state index in [1.807, 2.05) is 0 Å². The number of nitrogens with zero attached hydrogens (tertiary/aromatic N) is 1. The Morgan fingerprint density at radius 1 is 1.03 bits per heavy atom. The minimum Gasteiger partial charge on any atom is -0.487 e. The molecule has 1 aliphatic rings. The summed E-state index contributed by atoms with van der Waals surface area (Å²) in [6, 6.07) is 13.7. The van der Waals surface area contributed by atoms with Crippen molar-refractivity contribution in [1.29, 1.82) is 0 Å². The molecule has 0 aromatic heterocycles. The molecule has 1 amide bonds. The molecule has 1 saturated heterocycles. The van der Waals surface area contributed by atoms with Crippen molar-refractivity contribution >= 4 is 32.6 Å². The largest absolute Gasteiger partial charge is 0.487 e. The molecule has 12 heteroatoms. The number of fused-ring (bicyclic) bond motifs is 1. The van der Waals surface area contributed by atoms with E-state index >= 15 is 4.39 Å². The third-order valence-electron chi connectivity index (χ3n) is 4.70. The molecule has 4 rings (SSSR count). The Morgan fingerprint density at radius 3 is 2.39 bits per heavy atom. The maximum absolute atomic E-state index is 15.6. The number of ether oxygens (including phenoxy) is 2. The second-order valence-corrected chi connectivity index (χ2v) is 8.73. The van der Waals surface area contributed by atoms with Crippen LogP contribution in [0.4, 0.5) is 23.2 Å². The fourth-order valence-corrected chi connectivity index (χ4v) is 4.44. The molecule has 7 nitrogen and oxygen atoms in total. The smallest absolute Gasteiger partial charge is 0.422 e. The van der Waals surface area contributed by atoms with Gasteiger partial charge in [-0.1, -0.05) is 36.4 Å². The van der Waals surface area contributed by atoms with E-state index in [-0.39, 0.29) is 28.9 Å². The second-order valence-electron chi connectivity index (χ2n) is 7.14. The standard InChI is InChI=1S/C21H16F4N2O5S/c22-19-16-9-15(32-12-21(23,24)25)7-6-14(16)8-17(31-11-13-4-2-1-3-5-13)20(19)27-10-18(28)26-33(27,29)30/h1-9H,10-12H2,(H,26,28). The van der Waals surface area contributed by atoms with Crippen molar-refractivity contribution in [1.82, 2.24) is 4.72 Å². The average molecular weight is 484 g/mol. The van der Waals surface area contributed by atoms with E-state index in [4.69, 9.17) is 4.74 Å². The summed E-state index contributed by atoms with van der Waals surface area (Å²) in [7, 11) is -4.39. The molecule has 0 radical (unpaired) electrons. The molecule has 0 bridgehead atoms. The first-order chi connectivity index (χ1) is 15.5. The highest BCUT2D eigenvalue weighted by atomic mass is 32.2. The van der Waals surface area contributed by atoms with Crippen LogP contribution in [0.2, 0.25) is 0 Å². The normalized spacial score (nSPS) is 15.5. The summed E-state index contributed by atoms with van der Waals surface area (Å²) in [5, 5.41) is 0.0286. The van der Waals surface area contributed by atoms with Crippen LogP contribution in [0.15, 0.2) is 54.6 Å². The second kappa shape index (κ2) is 8.43. The summed E-state index contributed by atoms with van der Waals surface area (Å²) in [6.45, 7) is -2.29. The first kappa shape index (κ1) is 22.6. The summed E-state index contributed by atoms with van der Waals surface area (Å²) >= 11 is 0. The van der Waals surface area contributed by atoms with Gasteiger partial charge in [0.15, 0.2) is 12.4 Å². The van der Waals surface area contributed by atoms with Crippen molar-refractivity contribution in [2.45, 2.75) is 12.8 Å². The molecule has 33 heavy (non-hydrogen) atoms. The summed E-state index contributed by atoms with van der Waals surface area (Å²) in [5.74, 6) is -2.38. The first-order valence-corrected chi connectivity index (χ1v) is 10.9. The number of carbonyl (C=O) groups is 1.